The Labute approximate surface area is 169 Å². The van der Waals surface area contributed by atoms with Crippen LogP contribution in [0, 0.1) is 13.8 Å². The number of hydrogen-bond donors (Lipinski definition) is 1. The molecule has 0 atom stereocenters. The largest absolute Gasteiger partial charge is 0.383 e. The standard InChI is InChI=1S/C20H26N4O3S/c1-14-15(2)23(11-12-27-3)20(21-14)28-13-18(25)22-16-7-4-5-8-17(16)24-10-6-9-19(24)26/h4-5,7-8H,6,9-13H2,1-3H3,(H,22,25). The third-order valence-electron chi connectivity index (χ3n) is 4.82. The lowest BCUT2D eigenvalue weighted by atomic mass is 10.2. The maximum Gasteiger partial charge on any atom is 0.234 e. The number of nitrogens with zero attached hydrogens (tertiary/aromatic N) is 3. The lowest BCUT2D eigenvalue weighted by Gasteiger charge is -2.20. The molecule has 1 fully saturated rings. The van der Waals surface area contributed by atoms with Crippen LogP contribution >= 0.6 is 11.8 Å². The van der Waals surface area contributed by atoms with Crippen LogP contribution in [0.3, 0.4) is 0 Å². The van der Waals surface area contributed by atoms with Gasteiger partial charge in [-0.2, -0.15) is 0 Å². The fourth-order valence-electron chi connectivity index (χ4n) is 3.21. The molecule has 150 valence electrons. The number of amides is 2. The summed E-state index contributed by atoms with van der Waals surface area (Å²) in [6.07, 6.45) is 1.40. The minimum atomic E-state index is -0.124. The Morgan fingerprint density at radius 2 is 2.11 bits per heavy atom. The van der Waals surface area contributed by atoms with Crippen molar-refractivity contribution >= 4 is 35.0 Å². The van der Waals surface area contributed by atoms with Gasteiger partial charge >= 0.3 is 0 Å². The second kappa shape index (κ2) is 9.25. The molecular weight excluding hydrogens is 376 g/mol. The van der Waals surface area contributed by atoms with Crippen LogP contribution in [-0.4, -0.2) is 47.4 Å². The number of benzene rings is 1. The molecule has 0 aliphatic carbocycles. The predicted molar refractivity (Wildman–Crippen MR) is 111 cm³/mol. The van der Waals surface area contributed by atoms with Crippen LogP contribution in [0.5, 0.6) is 0 Å². The van der Waals surface area contributed by atoms with Gasteiger partial charge in [0.1, 0.15) is 0 Å². The number of para-hydroxylation sites is 2. The summed E-state index contributed by atoms with van der Waals surface area (Å²) in [5.74, 6) is 0.216. The van der Waals surface area contributed by atoms with E-state index in [1.54, 1.807) is 12.0 Å². The number of ether oxygens (including phenoxy) is 1. The first kappa shape index (κ1) is 20.4. The van der Waals surface area contributed by atoms with Crippen LogP contribution in [-0.2, 0) is 20.9 Å². The quantitative estimate of drug-likeness (QED) is 0.687. The summed E-state index contributed by atoms with van der Waals surface area (Å²) in [7, 11) is 1.67. The van der Waals surface area contributed by atoms with Gasteiger partial charge < -0.3 is 19.5 Å². The van der Waals surface area contributed by atoms with E-state index in [0.717, 1.165) is 28.7 Å². The second-order valence-corrected chi connectivity index (χ2v) is 7.66. The first-order valence-electron chi connectivity index (χ1n) is 9.36. The number of carbonyl (C=O) groups excluding carboxylic acids is 2. The monoisotopic (exact) mass is 402 g/mol. The van der Waals surface area contributed by atoms with Gasteiger partial charge in [0.15, 0.2) is 5.16 Å². The molecule has 1 aromatic heterocycles. The summed E-state index contributed by atoms with van der Waals surface area (Å²) in [4.78, 5) is 30.9. The van der Waals surface area contributed by atoms with Gasteiger partial charge in [-0.05, 0) is 32.4 Å². The number of aromatic nitrogens is 2. The molecule has 0 radical (unpaired) electrons. The highest BCUT2D eigenvalue weighted by atomic mass is 32.2. The second-order valence-electron chi connectivity index (χ2n) is 6.71. The summed E-state index contributed by atoms with van der Waals surface area (Å²) in [5.41, 5.74) is 3.46. The maximum atomic E-state index is 12.6. The van der Waals surface area contributed by atoms with Gasteiger partial charge in [-0.3, -0.25) is 9.59 Å². The Bertz CT molecular complexity index is 865. The zero-order valence-electron chi connectivity index (χ0n) is 16.5. The third-order valence-corrected chi connectivity index (χ3v) is 5.79. The summed E-state index contributed by atoms with van der Waals surface area (Å²) in [6, 6.07) is 7.44. The van der Waals surface area contributed by atoms with Crippen molar-refractivity contribution in [3.63, 3.8) is 0 Å². The van der Waals surface area contributed by atoms with E-state index in [1.807, 2.05) is 38.1 Å². The van der Waals surface area contributed by atoms with Crippen molar-refractivity contribution in [2.45, 2.75) is 38.4 Å². The van der Waals surface area contributed by atoms with Crippen molar-refractivity contribution in [3.8, 4) is 0 Å². The highest BCUT2D eigenvalue weighted by Gasteiger charge is 2.24. The number of thioether (sulfide) groups is 1. The molecule has 1 aliphatic rings. The molecule has 2 heterocycles. The van der Waals surface area contributed by atoms with Gasteiger partial charge in [0, 0.05) is 32.3 Å². The molecule has 8 heteroatoms. The van der Waals surface area contributed by atoms with Crippen molar-refractivity contribution in [2.24, 2.45) is 0 Å². The molecule has 2 amide bonds. The van der Waals surface area contributed by atoms with Gasteiger partial charge in [0.25, 0.3) is 0 Å². The maximum absolute atomic E-state index is 12.6. The number of carbonyl (C=O) groups is 2. The zero-order valence-corrected chi connectivity index (χ0v) is 17.3. The zero-order chi connectivity index (χ0) is 20.1. The van der Waals surface area contributed by atoms with E-state index in [4.69, 9.17) is 4.74 Å². The summed E-state index contributed by atoms with van der Waals surface area (Å²) in [6.45, 7) is 5.97. The molecule has 1 aliphatic heterocycles. The van der Waals surface area contributed by atoms with Crippen LogP contribution in [0.2, 0.25) is 0 Å². The lowest BCUT2D eigenvalue weighted by Crippen LogP contribution is -2.26. The number of aryl methyl sites for hydroxylation is 1. The number of methoxy groups -OCH3 is 1. The van der Waals surface area contributed by atoms with Crippen molar-refractivity contribution in [1.82, 2.24) is 9.55 Å². The molecule has 7 nitrogen and oxygen atoms in total. The number of imidazole rings is 1. The number of nitrogens with one attached hydrogen (secondary N) is 1. The summed E-state index contributed by atoms with van der Waals surface area (Å²) < 4.78 is 7.25. The van der Waals surface area contributed by atoms with Crippen molar-refractivity contribution < 1.29 is 14.3 Å². The molecule has 1 N–H and O–H groups in total. The smallest absolute Gasteiger partial charge is 0.234 e. The van der Waals surface area contributed by atoms with Crippen molar-refractivity contribution in [2.75, 3.05) is 36.2 Å². The molecule has 0 saturated carbocycles. The Morgan fingerprint density at radius 3 is 2.82 bits per heavy atom. The first-order chi connectivity index (χ1) is 13.5. The molecule has 1 aromatic carbocycles. The molecular formula is C20H26N4O3S. The lowest BCUT2D eigenvalue weighted by molar-refractivity contribution is -0.117. The topological polar surface area (TPSA) is 76.5 Å². The van der Waals surface area contributed by atoms with Crippen molar-refractivity contribution in [3.05, 3.63) is 35.7 Å². The number of anilines is 2. The predicted octanol–water partition coefficient (Wildman–Crippen LogP) is 3.00. The van der Waals surface area contributed by atoms with E-state index in [-0.39, 0.29) is 17.6 Å². The van der Waals surface area contributed by atoms with Gasteiger partial charge in [0.05, 0.1) is 29.4 Å². The van der Waals surface area contributed by atoms with Crippen molar-refractivity contribution in [1.29, 1.82) is 0 Å². The average Bonchev–Trinajstić information content (AvgIpc) is 3.22. The van der Waals surface area contributed by atoms with E-state index >= 15 is 0 Å². The number of rotatable bonds is 8. The van der Waals surface area contributed by atoms with E-state index in [0.29, 0.717) is 31.8 Å². The van der Waals surface area contributed by atoms with Crippen LogP contribution in [0.4, 0.5) is 11.4 Å². The van der Waals surface area contributed by atoms with Crippen LogP contribution in [0.25, 0.3) is 0 Å². The molecule has 0 spiro atoms. The highest BCUT2D eigenvalue weighted by Crippen LogP contribution is 2.30. The Balaban J connectivity index is 1.66. The van der Waals surface area contributed by atoms with Crippen LogP contribution < -0.4 is 10.2 Å². The molecule has 0 bridgehead atoms. The fraction of sp³-hybridized carbons (Fsp3) is 0.450. The summed E-state index contributed by atoms with van der Waals surface area (Å²) >= 11 is 1.40. The van der Waals surface area contributed by atoms with E-state index in [1.165, 1.54) is 11.8 Å². The van der Waals surface area contributed by atoms with Gasteiger partial charge in [-0.25, -0.2) is 4.98 Å². The molecule has 3 rings (SSSR count). The number of hydrogen-bond acceptors (Lipinski definition) is 5. The van der Waals surface area contributed by atoms with Gasteiger partial charge in [-0.15, -0.1) is 0 Å². The average molecular weight is 403 g/mol. The minimum absolute atomic E-state index is 0.0993. The molecule has 0 unspecified atom stereocenters. The van der Waals surface area contributed by atoms with Gasteiger partial charge in [0.2, 0.25) is 11.8 Å². The highest BCUT2D eigenvalue weighted by molar-refractivity contribution is 7.99. The van der Waals surface area contributed by atoms with Gasteiger partial charge in [-0.1, -0.05) is 23.9 Å². The molecule has 1 saturated heterocycles. The Kier molecular flexibility index (Phi) is 6.74. The first-order valence-corrected chi connectivity index (χ1v) is 10.3. The molecule has 28 heavy (non-hydrogen) atoms. The normalized spacial score (nSPS) is 14.0. The Hall–Kier alpha value is -2.32. The Morgan fingerprint density at radius 1 is 1.32 bits per heavy atom. The minimum Gasteiger partial charge on any atom is -0.383 e. The van der Waals surface area contributed by atoms with E-state index in [9.17, 15) is 9.59 Å². The third kappa shape index (κ3) is 4.56. The van der Waals surface area contributed by atoms with E-state index < -0.39 is 0 Å². The summed E-state index contributed by atoms with van der Waals surface area (Å²) in [5, 5.41) is 3.76. The van der Waals surface area contributed by atoms with Crippen LogP contribution in [0.1, 0.15) is 24.2 Å². The van der Waals surface area contributed by atoms with E-state index in [2.05, 4.69) is 14.9 Å². The molecule has 2 aromatic rings. The van der Waals surface area contributed by atoms with Crippen LogP contribution in [0.15, 0.2) is 29.4 Å². The SMILES string of the molecule is COCCn1c(SCC(=O)Nc2ccccc2N2CCCC2=O)nc(C)c1C. The fourth-order valence-corrected chi connectivity index (χ4v) is 4.13.